The lowest BCUT2D eigenvalue weighted by atomic mass is 10.1. The van der Waals surface area contributed by atoms with Crippen molar-refractivity contribution in [3.05, 3.63) is 64.5 Å². The van der Waals surface area contributed by atoms with Crippen LogP contribution in [0.5, 0.6) is 0 Å². The highest BCUT2D eigenvalue weighted by molar-refractivity contribution is 9.10. The van der Waals surface area contributed by atoms with Crippen molar-refractivity contribution >= 4 is 21.6 Å². The molecule has 0 radical (unpaired) electrons. The van der Waals surface area contributed by atoms with E-state index < -0.39 is 0 Å². The number of benzene rings is 1. The van der Waals surface area contributed by atoms with E-state index in [1.807, 2.05) is 42.6 Å². The molecule has 0 saturated carbocycles. The van der Waals surface area contributed by atoms with Crippen LogP contribution in [0, 0.1) is 0 Å². The Kier molecular flexibility index (Phi) is 2.65. The van der Waals surface area contributed by atoms with Crippen LogP contribution in [0.1, 0.15) is 11.4 Å². The molecule has 4 heteroatoms. The van der Waals surface area contributed by atoms with Crippen molar-refractivity contribution in [3.63, 3.8) is 0 Å². The zero-order chi connectivity index (χ0) is 11.7. The van der Waals surface area contributed by atoms with Gasteiger partial charge in [0.05, 0.1) is 0 Å². The van der Waals surface area contributed by atoms with Gasteiger partial charge >= 0.3 is 0 Å². The summed E-state index contributed by atoms with van der Waals surface area (Å²) in [4.78, 5) is 4.48. The van der Waals surface area contributed by atoms with Crippen LogP contribution >= 0.6 is 15.9 Å². The number of nitrogens with zero attached hydrogens (tertiary/aromatic N) is 3. The van der Waals surface area contributed by atoms with Gasteiger partial charge < -0.3 is 0 Å². The first kappa shape index (κ1) is 10.5. The molecule has 0 aliphatic rings. The highest BCUT2D eigenvalue weighted by Crippen LogP contribution is 2.18. The molecule has 0 aliphatic carbocycles. The summed E-state index contributed by atoms with van der Waals surface area (Å²) in [7, 11) is 0. The van der Waals surface area contributed by atoms with Crippen LogP contribution in [-0.4, -0.2) is 14.6 Å². The van der Waals surface area contributed by atoms with Crippen molar-refractivity contribution in [2.24, 2.45) is 0 Å². The van der Waals surface area contributed by atoms with Crippen molar-refractivity contribution in [1.29, 1.82) is 0 Å². The van der Waals surface area contributed by atoms with Crippen molar-refractivity contribution in [2.75, 3.05) is 0 Å². The largest absolute Gasteiger partial charge is 0.221 e. The molecule has 0 aliphatic heterocycles. The summed E-state index contributed by atoms with van der Waals surface area (Å²) in [5.74, 6) is 0.836. The summed E-state index contributed by atoms with van der Waals surface area (Å²) in [5.41, 5.74) is 2.08. The van der Waals surface area contributed by atoms with E-state index in [2.05, 4.69) is 32.1 Å². The van der Waals surface area contributed by atoms with Crippen LogP contribution in [0.3, 0.4) is 0 Å². The van der Waals surface area contributed by atoms with Gasteiger partial charge in [-0.05, 0) is 23.8 Å². The van der Waals surface area contributed by atoms with Crippen LogP contribution in [0.15, 0.2) is 53.1 Å². The third kappa shape index (κ3) is 2.08. The van der Waals surface area contributed by atoms with E-state index in [4.69, 9.17) is 0 Å². The monoisotopic (exact) mass is 287 g/mol. The lowest BCUT2D eigenvalue weighted by Gasteiger charge is -1.99. The van der Waals surface area contributed by atoms with Gasteiger partial charge in [-0.1, -0.05) is 40.2 Å². The van der Waals surface area contributed by atoms with Gasteiger partial charge in [-0.15, -0.1) is 0 Å². The van der Waals surface area contributed by atoms with Gasteiger partial charge in [0, 0.05) is 17.1 Å². The van der Waals surface area contributed by atoms with Crippen molar-refractivity contribution in [1.82, 2.24) is 14.6 Å². The predicted molar refractivity (Wildman–Crippen MR) is 69.9 cm³/mol. The van der Waals surface area contributed by atoms with Gasteiger partial charge in [-0.25, -0.2) is 9.50 Å². The molecular weight excluding hydrogens is 278 g/mol. The third-order valence-corrected chi connectivity index (χ3v) is 3.37. The van der Waals surface area contributed by atoms with Gasteiger partial charge in [0.2, 0.25) is 0 Å². The number of hydrogen-bond donors (Lipinski definition) is 0. The summed E-state index contributed by atoms with van der Waals surface area (Å²) >= 11 is 3.54. The van der Waals surface area contributed by atoms with E-state index in [9.17, 15) is 0 Å². The normalized spacial score (nSPS) is 10.9. The van der Waals surface area contributed by atoms with E-state index >= 15 is 0 Å². The molecule has 2 heterocycles. The average Bonchev–Trinajstić information content (AvgIpc) is 2.74. The Hall–Kier alpha value is -1.68. The highest BCUT2D eigenvalue weighted by Gasteiger charge is 2.06. The van der Waals surface area contributed by atoms with Crippen LogP contribution in [0.4, 0.5) is 0 Å². The first-order valence-corrected chi connectivity index (χ1v) is 6.16. The molecule has 0 bridgehead atoms. The predicted octanol–water partition coefficient (Wildman–Crippen LogP) is 3.08. The quantitative estimate of drug-likeness (QED) is 0.725. The molecule has 0 amide bonds. The molecule has 17 heavy (non-hydrogen) atoms. The Morgan fingerprint density at radius 2 is 1.88 bits per heavy atom. The fraction of sp³-hybridized carbons (Fsp3) is 0.0769. The number of hydrogen-bond acceptors (Lipinski definition) is 2. The minimum absolute atomic E-state index is 0.739. The molecule has 2 aromatic heterocycles. The number of halogens is 1. The van der Waals surface area contributed by atoms with Gasteiger partial charge in [0.15, 0.2) is 11.5 Å². The van der Waals surface area contributed by atoms with E-state index in [0.29, 0.717) is 0 Å². The van der Waals surface area contributed by atoms with E-state index in [0.717, 1.165) is 22.4 Å². The lowest BCUT2D eigenvalue weighted by molar-refractivity contribution is 0.898. The summed E-state index contributed by atoms with van der Waals surface area (Å²) < 4.78 is 2.89. The molecule has 3 nitrogen and oxygen atoms in total. The highest BCUT2D eigenvalue weighted by atomic mass is 79.9. The van der Waals surface area contributed by atoms with Crippen LogP contribution in [0.2, 0.25) is 0 Å². The maximum Gasteiger partial charge on any atom is 0.156 e. The first-order valence-electron chi connectivity index (χ1n) is 5.36. The first-order chi connectivity index (χ1) is 8.33. The van der Waals surface area contributed by atoms with Crippen LogP contribution in [0.25, 0.3) is 5.65 Å². The lowest BCUT2D eigenvalue weighted by Crippen LogP contribution is -1.92. The molecule has 0 N–H and O–H groups in total. The van der Waals surface area contributed by atoms with Crippen molar-refractivity contribution < 1.29 is 0 Å². The number of fused-ring (bicyclic) bond motifs is 1. The smallest absolute Gasteiger partial charge is 0.156 e. The van der Waals surface area contributed by atoms with Gasteiger partial charge in [0.25, 0.3) is 0 Å². The molecule has 0 fully saturated rings. The molecule has 0 atom stereocenters. The zero-order valence-corrected chi connectivity index (χ0v) is 10.6. The second-order valence-corrected chi connectivity index (χ2v) is 4.65. The number of pyridine rings is 1. The standard InChI is InChI=1S/C13H10BrN3/c14-11-6-2-1-5-10(11)9-12-15-13-7-3-4-8-17(13)16-12/h1-8H,9H2. The molecule has 0 spiro atoms. The molecular formula is C13H10BrN3. The van der Waals surface area contributed by atoms with Gasteiger partial charge in [0.1, 0.15) is 0 Å². The second-order valence-electron chi connectivity index (χ2n) is 3.80. The Morgan fingerprint density at radius 3 is 2.71 bits per heavy atom. The Bertz CT molecular complexity index is 627. The Balaban J connectivity index is 1.98. The molecule has 84 valence electrons. The summed E-state index contributed by atoms with van der Waals surface area (Å²) in [6.07, 6.45) is 2.65. The molecule has 3 aromatic rings. The fourth-order valence-corrected chi connectivity index (χ4v) is 2.19. The third-order valence-electron chi connectivity index (χ3n) is 2.59. The topological polar surface area (TPSA) is 30.2 Å². The van der Waals surface area contributed by atoms with Crippen LogP contribution < -0.4 is 0 Å². The number of rotatable bonds is 2. The number of aromatic nitrogens is 3. The Morgan fingerprint density at radius 1 is 1.06 bits per heavy atom. The fourth-order valence-electron chi connectivity index (χ4n) is 1.76. The minimum atomic E-state index is 0.739. The van der Waals surface area contributed by atoms with E-state index in [1.54, 1.807) is 4.52 Å². The molecule has 1 aromatic carbocycles. The zero-order valence-electron chi connectivity index (χ0n) is 9.05. The maximum absolute atomic E-state index is 4.48. The van der Waals surface area contributed by atoms with Crippen molar-refractivity contribution in [2.45, 2.75) is 6.42 Å². The van der Waals surface area contributed by atoms with Gasteiger partial charge in [-0.3, -0.25) is 0 Å². The molecule has 0 unspecified atom stereocenters. The molecule has 3 rings (SSSR count). The summed E-state index contributed by atoms with van der Waals surface area (Å²) in [6, 6.07) is 14.0. The SMILES string of the molecule is Brc1ccccc1Cc1nc2ccccn2n1. The second kappa shape index (κ2) is 4.30. The van der Waals surface area contributed by atoms with E-state index in [-0.39, 0.29) is 0 Å². The molecule has 0 saturated heterocycles. The van der Waals surface area contributed by atoms with Gasteiger partial charge in [-0.2, -0.15) is 5.10 Å². The summed E-state index contributed by atoms with van der Waals surface area (Å²) in [6.45, 7) is 0. The maximum atomic E-state index is 4.48. The van der Waals surface area contributed by atoms with Crippen molar-refractivity contribution in [3.8, 4) is 0 Å². The Labute approximate surface area is 107 Å². The minimum Gasteiger partial charge on any atom is -0.221 e. The summed E-state index contributed by atoms with van der Waals surface area (Å²) in [5, 5.41) is 4.43. The van der Waals surface area contributed by atoms with E-state index in [1.165, 1.54) is 5.56 Å². The van der Waals surface area contributed by atoms with Crippen LogP contribution in [-0.2, 0) is 6.42 Å². The average molecular weight is 288 g/mol.